The van der Waals surface area contributed by atoms with Gasteiger partial charge in [0.1, 0.15) is 12.0 Å². The number of rotatable bonds is 2. The van der Waals surface area contributed by atoms with Crippen molar-refractivity contribution in [2.45, 2.75) is 0 Å². The second-order valence-electron chi connectivity index (χ2n) is 1.66. The second kappa shape index (κ2) is 3.40. The summed E-state index contributed by atoms with van der Waals surface area (Å²) in [6.07, 6.45) is 1.77. The van der Waals surface area contributed by atoms with Crippen molar-refractivity contribution in [3.8, 4) is 0 Å². The van der Waals surface area contributed by atoms with Gasteiger partial charge in [0, 0.05) is 0 Å². The molecule has 1 rings (SSSR count). The van der Waals surface area contributed by atoms with Gasteiger partial charge < -0.3 is 10.2 Å². The van der Waals surface area contributed by atoms with Gasteiger partial charge in [-0.1, -0.05) is 5.16 Å². The standard InChI is InChI=1S/C6H6N2O3/c7-6(9)11-8-4-5-2-1-3-10-5/h1-4H,(H2,7,9)/b8-4+. The molecule has 11 heavy (non-hydrogen) atoms. The first-order valence-electron chi connectivity index (χ1n) is 2.82. The lowest BCUT2D eigenvalue weighted by atomic mass is 10.5. The van der Waals surface area contributed by atoms with Crippen molar-refractivity contribution in [1.29, 1.82) is 0 Å². The number of furan rings is 1. The van der Waals surface area contributed by atoms with E-state index in [1.54, 1.807) is 12.1 Å². The largest absolute Gasteiger partial charge is 0.463 e. The predicted molar refractivity (Wildman–Crippen MR) is 37.0 cm³/mol. The van der Waals surface area contributed by atoms with Crippen molar-refractivity contribution in [2.75, 3.05) is 0 Å². The summed E-state index contributed by atoms with van der Waals surface area (Å²) < 4.78 is 4.83. The van der Waals surface area contributed by atoms with Crippen LogP contribution in [0.15, 0.2) is 28.0 Å². The molecule has 0 aliphatic heterocycles. The van der Waals surface area contributed by atoms with E-state index in [1.807, 2.05) is 0 Å². The number of hydrogen-bond donors (Lipinski definition) is 1. The first kappa shape index (κ1) is 7.33. The molecule has 0 saturated carbocycles. The Kier molecular flexibility index (Phi) is 2.27. The van der Waals surface area contributed by atoms with Gasteiger partial charge >= 0.3 is 6.09 Å². The van der Waals surface area contributed by atoms with Gasteiger partial charge in [0.25, 0.3) is 0 Å². The zero-order valence-corrected chi connectivity index (χ0v) is 5.56. The first-order valence-corrected chi connectivity index (χ1v) is 2.82. The van der Waals surface area contributed by atoms with E-state index in [4.69, 9.17) is 4.42 Å². The van der Waals surface area contributed by atoms with E-state index in [-0.39, 0.29) is 0 Å². The van der Waals surface area contributed by atoms with Crippen LogP contribution in [0.5, 0.6) is 0 Å². The van der Waals surface area contributed by atoms with Crippen molar-refractivity contribution >= 4 is 12.3 Å². The van der Waals surface area contributed by atoms with E-state index in [1.165, 1.54) is 12.5 Å². The zero-order valence-electron chi connectivity index (χ0n) is 5.56. The van der Waals surface area contributed by atoms with Crippen LogP contribution in [0, 0.1) is 0 Å². The lowest BCUT2D eigenvalue weighted by Crippen LogP contribution is -2.09. The maximum absolute atomic E-state index is 9.98. The number of nitrogens with zero attached hydrogens (tertiary/aromatic N) is 1. The summed E-state index contributed by atoms with van der Waals surface area (Å²) in [7, 11) is 0. The van der Waals surface area contributed by atoms with Crippen LogP contribution in [-0.4, -0.2) is 12.3 Å². The molecule has 0 aliphatic rings. The third kappa shape index (κ3) is 2.53. The molecule has 1 aromatic rings. The fraction of sp³-hybridized carbons (Fsp3) is 0. The highest BCUT2D eigenvalue weighted by Crippen LogP contribution is 1.94. The van der Waals surface area contributed by atoms with Gasteiger partial charge in [0.15, 0.2) is 0 Å². The summed E-state index contributed by atoms with van der Waals surface area (Å²) in [5, 5.41) is 3.22. The third-order valence-corrected chi connectivity index (χ3v) is 0.866. The highest BCUT2D eigenvalue weighted by Gasteiger charge is 1.90. The molecule has 0 saturated heterocycles. The van der Waals surface area contributed by atoms with Crippen molar-refractivity contribution in [3.63, 3.8) is 0 Å². The van der Waals surface area contributed by atoms with Crippen molar-refractivity contribution in [2.24, 2.45) is 10.9 Å². The minimum absolute atomic E-state index is 0.492. The number of oxime groups is 1. The SMILES string of the molecule is NC(=O)O/N=C/c1ccco1. The third-order valence-electron chi connectivity index (χ3n) is 0.866. The maximum Gasteiger partial charge on any atom is 0.430 e. The van der Waals surface area contributed by atoms with Crippen LogP contribution in [-0.2, 0) is 4.84 Å². The molecule has 1 amide bonds. The zero-order chi connectivity index (χ0) is 8.10. The Morgan fingerprint density at radius 1 is 1.82 bits per heavy atom. The Bertz CT molecular complexity index is 253. The van der Waals surface area contributed by atoms with E-state index in [9.17, 15) is 4.79 Å². The summed E-state index contributed by atoms with van der Waals surface area (Å²) >= 11 is 0. The number of primary amides is 1. The van der Waals surface area contributed by atoms with E-state index in [0.29, 0.717) is 5.76 Å². The molecule has 0 unspecified atom stereocenters. The number of amides is 1. The quantitative estimate of drug-likeness (QED) is 0.387. The lowest BCUT2D eigenvalue weighted by Gasteiger charge is -1.85. The summed E-state index contributed by atoms with van der Waals surface area (Å²) in [4.78, 5) is 14.0. The Labute approximate surface area is 62.4 Å². The number of carbonyl (C=O) groups is 1. The predicted octanol–water partition coefficient (Wildman–Crippen LogP) is 0.709. The van der Waals surface area contributed by atoms with E-state index < -0.39 is 6.09 Å². The molecule has 1 heterocycles. The lowest BCUT2D eigenvalue weighted by molar-refractivity contribution is 0.162. The molecule has 1 aromatic heterocycles. The van der Waals surface area contributed by atoms with Crippen LogP contribution >= 0.6 is 0 Å². The van der Waals surface area contributed by atoms with E-state index in [2.05, 4.69) is 15.7 Å². The molecule has 58 valence electrons. The number of carbonyl (C=O) groups excluding carboxylic acids is 1. The Morgan fingerprint density at radius 2 is 2.64 bits per heavy atom. The highest BCUT2D eigenvalue weighted by molar-refractivity contribution is 5.76. The van der Waals surface area contributed by atoms with Gasteiger partial charge in [-0.2, -0.15) is 0 Å². The van der Waals surface area contributed by atoms with Gasteiger partial charge in [0.2, 0.25) is 0 Å². The highest BCUT2D eigenvalue weighted by atomic mass is 16.7. The second-order valence-corrected chi connectivity index (χ2v) is 1.66. The molecular weight excluding hydrogens is 148 g/mol. The van der Waals surface area contributed by atoms with Gasteiger partial charge in [-0.3, -0.25) is 4.84 Å². The summed E-state index contributed by atoms with van der Waals surface area (Å²) in [6.45, 7) is 0. The fourth-order valence-corrected chi connectivity index (χ4v) is 0.495. The number of nitrogens with two attached hydrogens (primary N) is 1. The number of hydrogen-bond acceptors (Lipinski definition) is 4. The van der Waals surface area contributed by atoms with Crippen LogP contribution in [0.2, 0.25) is 0 Å². The molecule has 0 fully saturated rings. The van der Waals surface area contributed by atoms with Gasteiger partial charge in [-0.25, -0.2) is 4.79 Å². The topological polar surface area (TPSA) is 77.8 Å². The van der Waals surface area contributed by atoms with Crippen molar-refractivity contribution in [3.05, 3.63) is 24.2 Å². The molecule has 0 radical (unpaired) electrons. The normalized spacial score (nSPS) is 10.2. The average molecular weight is 154 g/mol. The van der Waals surface area contributed by atoms with E-state index in [0.717, 1.165) is 0 Å². The Hall–Kier alpha value is -1.78. The maximum atomic E-state index is 9.98. The molecular formula is C6H6N2O3. The smallest absolute Gasteiger partial charge is 0.430 e. The van der Waals surface area contributed by atoms with E-state index >= 15 is 0 Å². The molecule has 5 heteroatoms. The molecule has 5 nitrogen and oxygen atoms in total. The molecule has 0 atom stereocenters. The average Bonchev–Trinajstić information content (AvgIpc) is 2.39. The van der Waals surface area contributed by atoms with Crippen molar-refractivity contribution in [1.82, 2.24) is 0 Å². The first-order chi connectivity index (χ1) is 5.29. The van der Waals surface area contributed by atoms with Crippen molar-refractivity contribution < 1.29 is 14.0 Å². The van der Waals surface area contributed by atoms with Crippen LogP contribution < -0.4 is 5.73 Å². The molecule has 0 bridgehead atoms. The van der Waals surface area contributed by atoms with Crippen LogP contribution in [0.25, 0.3) is 0 Å². The Balaban J connectivity index is 2.43. The fourth-order valence-electron chi connectivity index (χ4n) is 0.495. The van der Waals surface area contributed by atoms with Crippen LogP contribution in [0.1, 0.15) is 5.76 Å². The molecule has 0 spiro atoms. The summed E-state index contributed by atoms with van der Waals surface area (Å²) in [5.41, 5.74) is 4.63. The van der Waals surface area contributed by atoms with Crippen LogP contribution in [0.4, 0.5) is 4.79 Å². The minimum atomic E-state index is -0.951. The summed E-state index contributed by atoms with van der Waals surface area (Å²) in [5.74, 6) is 0.492. The Morgan fingerprint density at radius 3 is 3.18 bits per heavy atom. The van der Waals surface area contributed by atoms with Gasteiger partial charge in [0.05, 0.1) is 6.26 Å². The molecule has 2 N–H and O–H groups in total. The van der Waals surface area contributed by atoms with Crippen LogP contribution in [0.3, 0.4) is 0 Å². The van der Waals surface area contributed by atoms with Gasteiger partial charge in [-0.05, 0) is 12.1 Å². The van der Waals surface area contributed by atoms with Gasteiger partial charge in [-0.15, -0.1) is 0 Å². The minimum Gasteiger partial charge on any atom is -0.463 e. The molecule has 0 aliphatic carbocycles. The molecule has 0 aromatic carbocycles. The monoisotopic (exact) mass is 154 g/mol. The summed E-state index contributed by atoms with van der Waals surface area (Å²) in [6, 6.07) is 3.35.